The van der Waals surface area contributed by atoms with Gasteiger partial charge in [0, 0.05) is 37.6 Å². The van der Waals surface area contributed by atoms with Crippen LogP contribution in [0.15, 0.2) is 36.7 Å². The standard InChI is InChI=1S/C21H30N2O2/c1-3-13-22-20-11-9-18(10-12-20)6-4-7-19-16-23(15-17(19)2)14-5-8-21(24)25/h9-12,15-16,22H,3-8,13-14H2,1-2H3,(H,24,25). The van der Waals surface area contributed by atoms with Crippen LogP contribution in [0.3, 0.4) is 0 Å². The first-order chi connectivity index (χ1) is 12.1. The summed E-state index contributed by atoms with van der Waals surface area (Å²) in [7, 11) is 0. The van der Waals surface area contributed by atoms with Crippen molar-refractivity contribution in [2.75, 3.05) is 11.9 Å². The Labute approximate surface area is 150 Å². The minimum Gasteiger partial charge on any atom is -0.481 e. The molecular weight excluding hydrogens is 312 g/mol. The number of aromatic nitrogens is 1. The van der Waals surface area contributed by atoms with Gasteiger partial charge in [0.2, 0.25) is 0 Å². The fourth-order valence-electron chi connectivity index (χ4n) is 3.02. The molecule has 0 spiro atoms. The van der Waals surface area contributed by atoms with E-state index in [-0.39, 0.29) is 6.42 Å². The first-order valence-corrected chi connectivity index (χ1v) is 9.28. The van der Waals surface area contributed by atoms with Crippen LogP contribution in [0.1, 0.15) is 49.3 Å². The first kappa shape index (κ1) is 19.1. The molecule has 0 amide bonds. The Morgan fingerprint density at radius 2 is 1.88 bits per heavy atom. The normalized spacial score (nSPS) is 10.8. The number of nitrogens with one attached hydrogen (secondary N) is 1. The Morgan fingerprint density at radius 1 is 1.12 bits per heavy atom. The highest BCUT2D eigenvalue weighted by molar-refractivity contribution is 5.66. The van der Waals surface area contributed by atoms with Gasteiger partial charge in [0.25, 0.3) is 0 Å². The van der Waals surface area contributed by atoms with Gasteiger partial charge in [0.05, 0.1) is 0 Å². The number of aliphatic carboxylic acids is 1. The highest BCUT2D eigenvalue weighted by Gasteiger charge is 2.05. The number of hydrogen-bond acceptors (Lipinski definition) is 2. The maximum atomic E-state index is 10.6. The zero-order valence-electron chi connectivity index (χ0n) is 15.4. The van der Waals surface area contributed by atoms with Gasteiger partial charge in [-0.15, -0.1) is 0 Å². The molecule has 0 bridgehead atoms. The molecule has 0 aliphatic carbocycles. The van der Waals surface area contributed by atoms with Crippen LogP contribution in [-0.4, -0.2) is 22.2 Å². The fraction of sp³-hybridized carbons (Fsp3) is 0.476. The van der Waals surface area contributed by atoms with E-state index in [0.29, 0.717) is 6.42 Å². The summed E-state index contributed by atoms with van der Waals surface area (Å²) in [4.78, 5) is 10.6. The van der Waals surface area contributed by atoms with Gasteiger partial charge in [-0.3, -0.25) is 4.79 Å². The molecule has 0 radical (unpaired) electrons. The van der Waals surface area contributed by atoms with Crippen molar-refractivity contribution >= 4 is 11.7 Å². The van der Waals surface area contributed by atoms with E-state index in [0.717, 1.165) is 38.8 Å². The van der Waals surface area contributed by atoms with E-state index >= 15 is 0 Å². The molecule has 1 heterocycles. The molecular formula is C21H30N2O2. The van der Waals surface area contributed by atoms with Crippen molar-refractivity contribution in [3.8, 4) is 0 Å². The second kappa shape index (κ2) is 9.92. The third-order valence-electron chi connectivity index (χ3n) is 4.44. The average Bonchev–Trinajstić information content (AvgIpc) is 2.93. The summed E-state index contributed by atoms with van der Waals surface area (Å²) in [5, 5.41) is 12.1. The van der Waals surface area contributed by atoms with Crippen molar-refractivity contribution in [3.05, 3.63) is 53.3 Å². The molecule has 2 rings (SSSR count). The van der Waals surface area contributed by atoms with Crippen LogP contribution in [0.5, 0.6) is 0 Å². The Morgan fingerprint density at radius 3 is 2.56 bits per heavy atom. The third-order valence-corrected chi connectivity index (χ3v) is 4.44. The molecule has 0 atom stereocenters. The number of carboxylic acid groups (broad SMARTS) is 1. The van der Waals surface area contributed by atoms with Crippen LogP contribution < -0.4 is 5.32 Å². The molecule has 0 aliphatic heterocycles. The lowest BCUT2D eigenvalue weighted by Crippen LogP contribution is -2.00. The van der Waals surface area contributed by atoms with Gasteiger partial charge in [0.1, 0.15) is 0 Å². The maximum absolute atomic E-state index is 10.6. The smallest absolute Gasteiger partial charge is 0.303 e. The minimum absolute atomic E-state index is 0.232. The van der Waals surface area contributed by atoms with Crippen molar-refractivity contribution in [2.24, 2.45) is 0 Å². The number of carboxylic acids is 1. The molecule has 0 saturated carbocycles. The lowest BCUT2D eigenvalue weighted by Gasteiger charge is -2.06. The van der Waals surface area contributed by atoms with Crippen molar-refractivity contribution in [1.29, 1.82) is 0 Å². The largest absolute Gasteiger partial charge is 0.481 e. The van der Waals surface area contributed by atoms with E-state index < -0.39 is 5.97 Å². The molecule has 0 aliphatic rings. The molecule has 4 nitrogen and oxygen atoms in total. The summed E-state index contributed by atoms with van der Waals surface area (Å²) in [6.45, 7) is 6.10. The van der Waals surface area contributed by atoms with Crippen LogP contribution >= 0.6 is 0 Å². The Hall–Kier alpha value is -2.23. The number of carbonyl (C=O) groups is 1. The summed E-state index contributed by atoms with van der Waals surface area (Å²) in [5.41, 5.74) is 5.24. The molecule has 0 saturated heterocycles. The van der Waals surface area contributed by atoms with Gasteiger partial charge < -0.3 is 15.0 Å². The molecule has 2 N–H and O–H groups in total. The summed E-state index contributed by atoms with van der Waals surface area (Å²) in [5.74, 6) is -0.722. The van der Waals surface area contributed by atoms with Crippen LogP contribution in [-0.2, 0) is 24.2 Å². The van der Waals surface area contributed by atoms with Crippen molar-refractivity contribution in [2.45, 2.75) is 58.9 Å². The zero-order valence-corrected chi connectivity index (χ0v) is 15.4. The van der Waals surface area contributed by atoms with Gasteiger partial charge >= 0.3 is 5.97 Å². The Bertz CT molecular complexity index is 659. The SMILES string of the molecule is CCCNc1ccc(CCCc2cn(CCCC(=O)O)cc2C)cc1. The second-order valence-electron chi connectivity index (χ2n) is 6.68. The van der Waals surface area contributed by atoms with Gasteiger partial charge in [-0.1, -0.05) is 19.1 Å². The van der Waals surface area contributed by atoms with E-state index in [1.54, 1.807) is 0 Å². The quantitative estimate of drug-likeness (QED) is 0.624. The van der Waals surface area contributed by atoms with Gasteiger partial charge in [-0.05, 0) is 67.9 Å². The number of aryl methyl sites for hydroxylation is 4. The number of rotatable bonds is 11. The Kier molecular flexibility index (Phi) is 7.58. The van der Waals surface area contributed by atoms with E-state index in [1.807, 2.05) is 0 Å². The molecule has 1 aromatic heterocycles. The summed E-state index contributed by atoms with van der Waals surface area (Å²) < 4.78 is 2.13. The van der Waals surface area contributed by atoms with Crippen LogP contribution in [0, 0.1) is 6.92 Å². The first-order valence-electron chi connectivity index (χ1n) is 9.28. The van der Waals surface area contributed by atoms with E-state index in [4.69, 9.17) is 5.11 Å². The molecule has 4 heteroatoms. The molecule has 0 unspecified atom stereocenters. The van der Waals surface area contributed by atoms with E-state index in [1.165, 1.54) is 22.4 Å². The Balaban J connectivity index is 1.77. The van der Waals surface area contributed by atoms with Crippen molar-refractivity contribution < 1.29 is 9.90 Å². The maximum Gasteiger partial charge on any atom is 0.303 e. The van der Waals surface area contributed by atoms with Gasteiger partial charge in [0.15, 0.2) is 0 Å². The number of benzene rings is 1. The van der Waals surface area contributed by atoms with E-state index in [2.05, 4.69) is 60.4 Å². The fourth-order valence-corrected chi connectivity index (χ4v) is 3.02. The highest BCUT2D eigenvalue weighted by Crippen LogP contribution is 2.16. The van der Waals surface area contributed by atoms with Crippen molar-refractivity contribution in [3.63, 3.8) is 0 Å². The summed E-state index contributed by atoms with van der Waals surface area (Å²) in [6, 6.07) is 8.74. The zero-order chi connectivity index (χ0) is 18.1. The molecule has 136 valence electrons. The molecule has 1 aromatic carbocycles. The number of hydrogen-bond donors (Lipinski definition) is 2. The summed E-state index contributed by atoms with van der Waals surface area (Å²) >= 11 is 0. The molecule has 2 aromatic rings. The summed E-state index contributed by atoms with van der Waals surface area (Å²) in [6.07, 6.45) is 9.63. The van der Waals surface area contributed by atoms with Crippen molar-refractivity contribution in [1.82, 2.24) is 4.57 Å². The van der Waals surface area contributed by atoms with E-state index in [9.17, 15) is 4.79 Å². The minimum atomic E-state index is -0.722. The topological polar surface area (TPSA) is 54.3 Å². The van der Waals surface area contributed by atoms with Gasteiger partial charge in [-0.2, -0.15) is 0 Å². The molecule has 0 fully saturated rings. The highest BCUT2D eigenvalue weighted by atomic mass is 16.4. The third kappa shape index (κ3) is 6.65. The number of anilines is 1. The monoisotopic (exact) mass is 342 g/mol. The van der Waals surface area contributed by atoms with Gasteiger partial charge in [-0.25, -0.2) is 0 Å². The predicted octanol–water partition coefficient (Wildman–Crippen LogP) is 4.66. The number of nitrogens with zero attached hydrogens (tertiary/aromatic N) is 1. The average molecular weight is 342 g/mol. The van der Waals surface area contributed by atoms with Crippen LogP contribution in [0.4, 0.5) is 5.69 Å². The predicted molar refractivity (Wildman–Crippen MR) is 103 cm³/mol. The second-order valence-corrected chi connectivity index (χ2v) is 6.68. The lowest BCUT2D eigenvalue weighted by molar-refractivity contribution is -0.137. The van der Waals surface area contributed by atoms with Crippen LogP contribution in [0.25, 0.3) is 0 Å². The van der Waals surface area contributed by atoms with Crippen LogP contribution in [0.2, 0.25) is 0 Å². The lowest BCUT2D eigenvalue weighted by atomic mass is 10.0. The molecule has 25 heavy (non-hydrogen) atoms.